The Bertz CT molecular complexity index is 607. The summed E-state index contributed by atoms with van der Waals surface area (Å²) < 4.78 is 6.72. The molecule has 0 bridgehead atoms. The molecule has 5 nitrogen and oxygen atoms in total. The molecule has 6 heteroatoms. The number of carboxylic acid groups (broad SMARTS) is 1. The number of hydrogen-bond donors (Lipinski definition) is 1. The maximum atomic E-state index is 10.9. The molecule has 0 aliphatic heterocycles. The number of carboxylic acids is 1. The SMILES string of the molecule is COc1ccc(Cl)cc1-c1cc(C(=O)O)nn1C. The van der Waals surface area contributed by atoms with Crippen LogP contribution in [-0.2, 0) is 7.05 Å². The number of halogens is 1. The molecule has 0 spiro atoms. The van der Waals surface area contributed by atoms with E-state index in [-0.39, 0.29) is 5.69 Å². The van der Waals surface area contributed by atoms with Crippen molar-refractivity contribution in [2.45, 2.75) is 0 Å². The van der Waals surface area contributed by atoms with Crippen LogP contribution in [0.2, 0.25) is 5.02 Å². The van der Waals surface area contributed by atoms with Crippen LogP contribution in [0, 0.1) is 0 Å². The molecule has 0 radical (unpaired) electrons. The zero-order valence-electron chi connectivity index (χ0n) is 9.85. The summed E-state index contributed by atoms with van der Waals surface area (Å²) in [6.45, 7) is 0. The van der Waals surface area contributed by atoms with Crippen molar-refractivity contribution in [1.29, 1.82) is 0 Å². The molecule has 1 aromatic heterocycles. The molecule has 0 fully saturated rings. The molecule has 0 aliphatic rings. The first-order valence-corrected chi connectivity index (χ1v) is 5.52. The van der Waals surface area contributed by atoms with E-state index in [1.54, 1.807) is 32.4 Å². The average Bonchev–Trinajstić information content (AvgIpc) is 2.71. The van der Waals surface area contributed by atoms with E-state index in [0.717, 1.165) is 0 Å². The van der Waals surface area contributed by atoms with Crippen LogP contribution in [0.4, 0.5) is 0 Å². The molecule has 1 N–H and O–H groups in total. The zero-order valence-corrected chi connectivity index (χ0v) is 10.6. The van der Waals surface area contributed by atoms with Gasteiger partial charge in [-0.05, 0) is 24.3 Å². The maximum Gasteiger partial charge on any atom is 0.356 e. The first kappa shape index (κ1) is 12.4. The summed E-state index contributed by atoms with van der Waals surface area (Å²) in [6, 6.07) is 6.63. The van der Waals surface area contributed by atoms with Crippen molar-refractivity contribution >= 4 is 17.6 Å². The highest BCUT2D eigenvalue weighted by molar-refractivity contribution is 6.31. The minimum atomic E-state index is -1.07. The van der Waals surface area contributed by atoms with Crippen molar-refractivity contribution in [3.8, 4) is 17.0 Å². The molecule has 0 atom stereocenters. The molecular weight excluding hydrogens is 256 g/mol. The summed E-state index contributed by atoms with van der Waals surface area (Å²) in [5, 5.41) is 13.4. The number of hydrogen-bond acceptors (Lipinski definition) is 3. The third kappa shape index (κ3) is 2.17. The minimum absolute atomic E-state index is 0.0190. The molecule has 2 rings (SSSR count). The van der Waals surface area contributed by atoms with Gasteiger partial charge >= 0.3 is 5.97 Å². The summed E-state index contributed by atoms with van der Waals surface area (Å²) >= 11 is 5.94. The Morgan fingerprint density at radius 1 is 1.44 bits per heavy atom. The Hall–Kier alpha value is -2.01. The van der Waals surface area contributed by atoms with Crippen molar-refractivity contribution in [3.05, 3.63) is 35.0 Å². The Morgan fingerprint density at radius 3 is 2.72 bits per heavy atom. The van der Waals surface area contributed by atoms with E-state index in [1.165, 1.54) is 10.7 Å². The number of aryl methyl sites for hydroxylation is 1. The molecule has 0 amide bonds. The number of rotatable bonds is 3. The predicted molar refractivity (Wildman–Crippen MR) is 67.2 cm³/mol. The van der Waals surface area contributed by atoms with E-state index >= 15 is 0 Å². The van der Waals surface area contributed by atoms with E-state index in [9.17, 15) is 4.79 Å². The Morgan fingerprint density at radius 2 is 2.17 bits per heavy atom. The van der Waals surface area contributed by atoms with E-state index in [2.05, 4.69) is 5.10 Å². The van der Waals surface area contributed by atoms with Gasteiger partial charge in [0.25, 0.3) is 0 Å². The van der Waals surface area contributed by atoms with Crippen LogP contribution in [0.3, 0.4) is 0 Å². The van der Waals surface area contributed by atoms with Gasteiger partial charge in [-0.15, -0.1) is 0 Å². The highest BCUT2D eigenvalue weighted by Gasteiger charge is 2.15. The highest BCUT2D eigenvalue weighted by atomic mass is 35.5. The maximum absolute atomic E-state index is 10.9. The molecule has 1 aromatic carbocycles. The Kier molecular flexibility index (Phi) is 3.25. The Labute approximate surface area is 109 Å². The lowest BCUT2D eigenvalue weighted by atomic mass is 10.1. The number of benzene rings is 1. The zero-order chi connectivity index (χ0) is 13.3. The van der Waals surface area contributed by atoms with Crippen LogP contribution < -0.4 is 4.74 Å². The largest absolute Gasteiger partial charge is 0.496 e. The predicted octanol–water partition coefficient (Wildman–Crippen LogP) is 2.45. The minimum Gasteiger partial charge on any atom is -0.496 e. The third-order valence-electron chi connectivity index (χ3n) is 2.54. The summed E-state index contributed by atoms with van der Waals surface area (Å²) in [6.07, 6.45) is 0. The molecule has 0 saturated carbocycles. The number of methoxy groups -OCH3 is 1. The summed E-state index contributed by atoms with van der Waals surface area (Å²) in [4.78, 5) is 10.9. The Balaban J connectivity index is 2.60. The summed E-state index contributed by atoms with van der Waals surface area (Å²) in [5.74, 6) is -0.461. The van der Waals surface area contributed by atoms with Gasteiger partial charge in [0, 0.05) is 17.6 Å². The molecule has 2 aromatic rings. The number of aromatic nitrogens is 2. The number of carbonyl (C=O) groups is 1. The van der Waals surface area contributed by atoms with Gasteiger partial charge in [-0.2, -0.15) is 5.10 Å². The van der Waals surface area contributed by atoms with Crippen molar-refractivity contribution in [2.75, 3.05) is 7.11 Å². The lowest BCUT2D eigenvalue weighted by Gasteiger charge is -2.08. The fraction of sp³-hybridized carbons (Fsp3) is 0.167. The van der Waals surface area contributed by atoms with E-state index in [0.29, 0.717) is 22.0 Å². The number of nitrogens with zero attached hydrogens (tertiary/aromatic N) is 2. The van der Waals surface area contributed by atoms with Gasteiger partial charge in [-0.25, -0.2) is 4.79 Å². The fourth-order valence-electron chi connectivity index (χ4n) is 1.70. The second kappa shape index (κ2) is 4.70. The fourth-order valence-corrected chi connectivity index (χ4v) is 1.88. The lowest BCUT2D eigenvalue weighted by molar-refractivity contribution is 0.0689. The van der Waals surface area contributed by atoms with Gasteiger partial charge in [0.2, 0.25) is 0 Å². The lowest BCUT2D eigenvalue weighted by Crippen LogP contribution is -1.99. The first-order chi connectivity index (χ1) is 8.52. The van der Waals surface area contributed by atoms with E-state index < -0.39 is 5.97 Å². The van der Waals surface area contributed by atoms with Crippen molar-refractivity contribution in [3.63, 3.8) is 0 Å². The van der Waals surface area contributed by atoms with Gasteiger partial charge < -0.3 is 9.84 Å². The average molecular weight is 267 g/mol. The van der Waals surface area contributed by atoms with Gasteiger partial charge in [0.05, 0.1) is 12.8 Å². The van der Waals surface area contributed by atoms with Gasteiger partial charge in [0.15, 0.2) is 5.69 Å². The standard InChI is InChI=1S/C12H11ClN2O3/c1-15-10(6-9(14-15)12(16)17)8-5-7(13)3-4-11(8)18-2/h3-6H,1-2H3,(H,16,17). The van der Waals surface area contributed by atoms with Crippen LogP contribution in [0.15, 0.2) is 24.3 Å². The van der Waals surface area contributed by atoms with Crippen LogP contribution in [-0.4, -0.2) is 28.0 Å². The van der Waals surface area contributed by atoms with Crippen molar-refractivity contribution < 1.29 is 14.6 Å². The second-order valence-corrected chi connectivity index (χ2v) is 4.12. The van der Waals surface area contributed by atoms with Crippen LogP contribution >= 0.6 is 11.6 Å². The third-order valence-corrected chi connectivity index (χ3v) is 2.77. The monoisotopic (exact) mass is 266 g/mol. The number of ether oxygens (including phenoxy) is 1. The molecule has 1 heterocycles. The van der Waals surface area contributed by atoms with E-state index in [4.69, 9.17) is 21.4 Å². The molecule has 18 heavy (non-hydrogen) atoms. The molecule has 0 saturated heterocycles. The van der Waals surface area contributed by atoms with Gasteiger partial charge in [-0.3, -0.25) is 4.68 Å². The topological polar surface area (TPSA) is 64.3 Å². The quantitative estimate of drug-likeness (QED) is 0.927. The summed E-state index contributed by atoms with van der Waals surface area (Å²) in [7, 11) is 3.21. The highest BCUT2D eigenvalue weighted by Crippen LogP contribution is 2.32. The normalized spacial score (nSPS) is 10.4. The summed E-state index contributed by atoms with van der Waals surface area (Å²) in [5.41, 5.74) is 1.31. The van der Waals surface area contributed by atoms with Crippen LogP contribution in [0.5, 0.6) is 5.75 Å². The van der Waals surface area contributed by atoms with Gasteiger partial charge in [-0.1, -0.05) is 11.6 Å². The van der Waals surface area contributed by atoms with E-state index in [1.807, 2.05) is 0 Å². The van der Waals surface area contributed by atoms with Crippen LogP contribution in [0.25, 0.3) is 11.3 Å². The molecule has 0 unspecified atom stereocenters. The second-order valence-electron chi connectivity index (χ2n) is 3.69. The van der Waals surface area contributed by atoms with Gasteiger partial charge in [0.1, 0.15) is 5.75 Å². The number of aromatic carboxylic acids is 1. The smallest absolute Gasteiger partial charge is 0.356 e. The molecule has 94 valence electrons. The van der Waals surface area contributed by atoms with Crippen molar-refractivity contribution in [1.82, 2.24) is 9.78 Å². The molecule has 0 aliphatic carbocycles. The first-order valence-electron chi connectivity index (χ1n) is 5.14. The molecular formula is C12H11ClN2O3. The van der Waals surface area contributed by atoms with Crippen LogP contribution in [0.1, 0.15) is 10.5 Å². The van der Waals surface area contributed by atoms with Crippen molar-refractivity contribution in [2.24, 2.45) is 7.05 Å².